The highest BCUT2D eigenvalue weighted by Crippen LogP contribution is 2.27. The third kappa shape index (κ3) is 4.41. The van der Waals surface area contributed by atoms with Gasteiger partial charge in [0.05, 0.1) is 16.3 Å². The van der Waals surface area contributed by atoms with Crippen molar-refractivity contribution < 1.29 is 4.79 Å². The number of anilines is 1. The number of rotatable bonds is 4. The summed E-state index contributed by atoms with van der Waals surface area (Å²) < 4.78 is 0.987. The Morgan fingerprint density at radius 3 is 2.52 bits per heavy atom. The van der Waals surface area contributed by atoms with Crippen LogP contribution in [0, 0.1) is 20.8 Å². The fourth-order valence-electron chi connectivity index (χ4n) is 2.76. The summed E-state index contributed by atoms with van der Waals surface area (Å²) in [5, 5.41) is 4.96. The molecule has 1 aromatic heterocycles. The smallest absolute Gasteiger partial charge is 0.234 e. The van der Waals surface area contributed by atoms with Crippen LogP contribution in [0.1, 0.15) is 16.7 Å². The van der Waals surface area contributed by atoms with E-state index in [0.29, 0.717) is 5.75 Å². The summed E-state index contributed by atoms with van der Waals surface area (Å²) in [4.78, 5) is 16.9. The number of nitrogens with one attached hydrogen (secondary N) is 1. The maximum atomic E-state index is 12.2. The van der Waals surface area contributed by atoms with E-state index in [1.54, 1.807) is 0 Å². The molecule has 0 spiro atoms. The topological polar surface area (TPSA) is 42.0 Å². The van der Waals surface area contributed by atoms with Crippen LogP contribution in [0.2, 0.25) is 0 Å². The molecule has 0 aliphatic heterocycles. The molecule has 0 saturated heterocycles. The van der Waals surface area contributed by atoms with Crippen molar-refractivity contribution in [3.8, 4) is 0 Å². The van der Waals surface area contributed by atoms with Gasteiger partial charge in [-0.1, -0.05) is 39.3 Å². The first kappa shape index (κ1) is 18.0. The highest BCUT2D eigenvalue weighted by molar-refractivity contribution is 9.10. The number of nitrogens with zero attached hydrogens (tertiary/aromatic N) is 1. The van der Waals surface area contributed by atoms with Gasteiger partial charge in [-0.25, -0.2) is 4.98 Å². The predicted octanol–water partition coefficient (Wildman–Crippen LogP) is 5.65. The van der Waals surface area contributed by atoms with Gasteiger partial charge in [0, 0.05) is 15.5 Å². The van der Waals surface area contributed by atoms with Crippen LogP contribution in [0.4, 0.5) is 5.69 Å². The Kier molecular flexibility index (Phi) is 5.45. The van der Waals surface area contributed by atoms with E-state index in [9.17, 15) is 4.79 Å². The maximum Gasteiger partial charge on any atom is 0.234 e. The molecule has 0 aliphatic carbocycles. The molecule has 0 radical (unpaired) electrons. The number of carbonyl (C=O) groups is 1. The normalized spacial score (nSPS) is 10.9. The average molecular weight is 415 g/mol. The summed E-state index contributed by atoms with van der Waals surface area (Å²) in [6.07, 6.45) is 0. The summed E-state index contributed by atoms with van der Waals surface area (Å²) in [6.45, 7) is 6.27. The molecule has 0 unspecified atom stereocenters. The summed E-state index contributed by atoms with van der Waals surface area (Å²) in [6, 6.07) is 13.9. The monoisotopic (exact) mass is 414 g/mol. The number of fused-ring (bicyclic) bond motifs is 1. The molecule has 2 aromatic carbocycles. The molecule has 3 aromatic rings. The minimum atomic E-state index is -0.0347. The summed E-state index contributed by atoms with van der Waals surface area (Å²) >= 11 is 4.84. The van der Waals surface area contributed by atoms with Crippen molar-refractivity contribution in [3.63, 3.8) is 0 Å². The molecule has 1 amide bonds. The average Bonchev–Trinajstić information content (AvgIpc) is 2.56. The number of aryl methyl sites for hydroxylation is 3. The van der Waals surface area contributed by atoms with Crippen molar-refractivity contribution in [3.05, 3.63) is 63.6 Å². The Labute approximate surface area is 160 Å². The molecule has 0 bridgehead atoms. The van der Waals surface area contributed by atoms with Crippen LogP contribution in [0.5, 0.6) is 0 Å². The van der Waals surface area contributed by atoms with Crippen molar-refractivity contribution in [2.45, 2.75) is 25.8 Å². The highest BCUT2D eigenvalue weighted by Gasteiger charge is 2.09. The largest absolute Gasteiger partial charge is 0.325 e. The molecule has 0 fully saturated rings. The molecular formula is C20H19BrN2OS. The van der Waals surface area contributed by atoms with Gasteiger partial charge in [0.15, 0.2) is 0 Å². The van der Waals surface area contributed by atoms with Gasteiger partial charge >= 0.3 is 0 Å². The lowest BCUT2D eigenvalue weighted by molar-refractivity contribution is -0.113. The Morgan fingerprint density at radius 2 is 1.80 bits per heavy atom. The first-order chi connectivity index (χ1) is 11.9. The summed E-state index contributed by atoms with van der Waals surface area (Å²) in [7, 11) is 0. The fourth-order valence-corrected chi connectivity index (χ4v) is 3.79. The lowest BCUT2D eigenvalue weighted by Crippen LogP contribution is -2.14. The third-order valence-electron chi connectivity index (χ3n) is 3.91. The summed E-state index contributed by atoms with van der Waals surface area (Å²) in [5.74, 6) is 0.298. The first-order valence-electron chi connectivity index (χ1n) is 7.99. The van der Waals surface area contributed by atoms with E-state index >= 15 is 0 Å². The Morgan fingerprint density at radius 1 is 1.08 bits per heavy atom. The maximum absolute atomic E-state index is 12.2. The van der Waals surface area contributed by atoms with E-state index in [-0.39, 0.29) is 5.91 Å². The standard InChI is InChI=1S/C20H19BrN2OS/c1-12-8-14(3)20-17(9-12)13(2)10-19(23-20)25-11-18(24)22-16-6-4-15(21)5-7-16/h4-10H,11H2,1-3H3,(H,22,24). The van der Waals surface area contributed by atoms with Gasteiger partial charge in [0.2, 0.25) is 5.91 Å². The van der Waals surface area contributed by atoms with Gasteiger partial charge in [0.25, 0.3) is 0 Å². The number of halogens is 1. The second-order valence-electron chi connectivity index (χ2n) is 6.10. The summed E-state index contributed by atoms with van der Waals surface area (Å²) in [5.41, 5.74) is 5.40. The van der Waals surface area contributed by atoms with Crippen molar-refractivity contribution in [2.75, 3.05) is 11.1 Å². The quantitative estimate of drug-likeness (QED) is 0.560. The van der Waals surface area contributed by atoms with Crippen LogP contribution in [-0.4, -0.2) is 16.6 Å². The van der Waals surface area contributed by atoms with Crippen LogP contribution in [-0.2, 0) is 4.79 Å². The van der Waals surface area contributed by atoms with E-state index in [4.69, 9.17) is 4.98 Å². The van der Waals surface area contributed by atoms with Gasteiger partial charge < -0.3 is 5.32 Å². The minimum Gasteiger partial charge on any atom is -0.325 e. The number of hydrogen-bond acceptors (Lipinski definition) is 3. The van der Waals surface area contributed by atoms with E-state index < -0.39 is 0 Å². The molecule has 5 heteroatoms. The Hall–Kier alpha value is -1.85. The minimum absolute atomic E-state index is 0.0347. The van der Waals surface area contributed by atoms with Crippen LogP contribution < -0.4 is 5.32 Å². The van der Waals surface area contributed by atoms with E-state index in [1.807, 2.05) is 24.3 Å². The van der Waals surface area contributed by atoms with Crippen LogP contribution in [0.25, 0.3) is 10.9 Å². The number of amides is 1. The number of carbonyl (C=O) groups excluding carboxylic acids is 1. The van der Waals surface area contributed by atoms with E-state index in [0.717, 1.165) is 20.7 Å². The number of aromatic nitrogens is 1. The zero-order valence-electron chi connectivity index (χ0n) is 14.4. The van der Waals surface area contributed by atoms with Crippen molar-refractivity contribution in [2.24, 2.45) is 0 Å². The zero-order chi connectivity index (χ0) is 18.0. The molecule has 0 saturated carbocycles. The van der Waals surface area contributed by atoms with Crippen LogP contribution in [0.15, 0.2) is 52.0 Å². The number of benzene rings is 2. The van der Waals surface area contributed by atoms with Gasteiger partial charge in [0.1, 0.15) is 0 Å². The van der Waals surface area contributed by atoms with Gasteiger partial charge in [-0.2, -0.15) is 0 Å². The fraction of sp³-hybridized carbons (Fsp3) is 0.200. The van der Waals surface area contributed by atoms with Crippen LogP contribution >= 0.6 is 27.7 Å². The second-order valence-corrected chi connectivity index (χ2v) is 8.01. The number of hydrogen-bond donors (Lipinski definition) is 1. The van der Waals surface area contributed by atoms with E-state index in [1.165, 1.54) is 33.8 Å². The molecule has 128 valence electrons. The molecule has 0 aliphatic rings. The van der Waals surface area contributed by atoms with Crippen molar-refractivity contribution in [1.29, 1.82) is 0 Å². The molecule has 3 rings (SSSR count). The second kappa shape index (κ2) is 7.58. The molecular weight excluding hydrogens is 396 g/mol. The SMILES string of the molecule is Cc1cc(C)c2nc(SCC(=O)Nc3ccc(Br)cc3)cc(C)c2c1. The Bertz CT molecular complexity index is 939. The molecule has 1 N–H and O–H groups in total. The van der Waals surface area contributed by atoms with Crippen molar-refractivity contribution >= 4 is 50.2 Å². The number of pyridine rings is 1. The van der Waals surface area contributed by atoms with Gasteiger partial charge in [-0.15, -0.1) is 0 Å². The third-order valence-corrected chi connectivity index (χ3v) is 5.35. The number of thioether (sulfide) groups is 1. The molecule has 3 nitrogen and oxygen atoms in total. The predicted molar refractivity (Wildman–Crippen MR) is 109 cm³/mol. The lowest BCUT2D eigenvalue weighted by Gasteiger charge is -2.10. The zero-order valence-corrected chi connectivity index (χ0v) is 16.8. The van der Waals surface area contributed by atoms with Gasteiger partial charge in [-0.3, -0.25) is 4.79 Å². The van der Waals surface area contributed by atoms with Crippen LogP contribution in [0.3, 0.4) is 0 Å². The van der Waals surface area contributed by atoms with Crippen molar-refractivity contribution in [1.82, 2.24) is 4.98 Å². The van der Waals surface area contributed by atoms with E-state index in [2.05, 4.69) is 60.2 Å². The highest BCUT2D eigenvalue weighted by atomic mass is 79.9. The first-order valence-corrected chi connectivity index (χ1v) is 9.77. The molecule has 0 atom stereocenters. The molecule has 25 heavy (non-hydrogen) atoms. The van der Waals surface area contributed by atoms with Gasteiger partial charge in [-0.05, 0) is 68.3 Å². The Balaban J connectivity index is 1.72. The lowest BCUT2D eigenvalue weighted by atomic mass is 10.0. The molecule has 1 heterocycles.